The fourth-order valence-electron chi connectivity index (χ4n) is 6.17. The van der Waals surface area contributed by atoms with E-state index < -0.39 is 17.7 Å². The lowest BCUT2D eigenvalue weighted by atomic mass is 9.77. The largest absolute Gasteiger partial charge is 0.411 e. The first-order chi connectivity index (χ1) is 18.7. The number of nitrogens with one attached hydrogen (secondary N) is 1. The number of allylic oxidation sites excluding steroid dienone is 2. The van der Waals surface area contributed by atoms with E-state index in [1.807, 2.05) is 23.6 Å². The van der Waals surface area contributed by atoms with E-state index in [1.165, 1.54) is 0 Å². The Morgan fingerprint density at radius 1 is 1.28 bits per heavy atom. The molecule has 2 aromatic heterocycles. The molecule has 3 aliphatic rings. The number of amides is 1. The normalized spacial score (nSPS) is 29.2. The van der Waals surface area contributed by atoms with Crippen LogP contribution in [0.1, 0.15) is 75.6 Å². The van der Waals surface area contributed by atoms with E-state index >= 15 is 4.39 Å². The van der Waals surface area contributed by atoms with Gasteiger partial charge in [0.05, 0.1) is 11.9 Å². The lowest BCUT2D eigenvalue weighted by Gasteiger charge is -2.36. The van der Waals surface area contributed by atoms with Crippen molar-refractivity contribution in [2.75, 3.05) is 6.54 Å². The number of alkyl halides is 2. The molecular weight excluding hydrogens is 521 g/mol. The van der Waals surface area contributed by atoms with Gasteiger partial charge >= 0.3 is 6.09 Å². The molecule has 1 aliphatic heterocycles. The molecule has 3 atom stereocenters. The monoisotopic (exact) mass is 555 g/mol. The first-order valence-corrected chi connectivity index (χ1v) is 14.2. The highest BCUT2D eigenvalue weighted by Crippen LogP contribution is 2.46. The van der Waals surface area contributed by atoms with Crippen LogP contribution in [-0.2, 0) is 17.0 Å². The Labute approximate surface area is 232 Å². The van der Waals surface area contributed by atoms with Gasteiger partial charge in [-0.2, -0.15) is 0 Å². The molecule has 9 nitrogen and oxygen atoms in total. The number of rotatable bonds is 6. The summed E-state index contributed by atoms with van der Waals surface area (Å²) in [5.74, 6) is 0.192. The molecule has 208 valence electrons. The standard InChI is InChI=1S/C28H35ClFN7O2/c1-3-17-7-9-18(10-8-17)15-37-22-21(19-12-20(29)14-33-13-19)34-25(23(31)39-27(32)38)35-24(22)36-26(37)28(30)11-5-4-6-16(28)2/h3,12-13,16-18,20,31H,1,4-11,14-15H2,2H3,(H2,32,38). The Hall–Kier alpha value is -3.14. The second kappa shape index (κ2) is 11.2. The average Bonchev–Trinajstić information content (AvgIpc) is 3.29. The number of hydrogen-bond donors (Lipinski definition) is 2. The van der Waals surface area contributed by atoms with Crippen molar-refractivity contribution in [3.63, 3.8) is 0 Å². The SMILES string of the molecule is C=CC1CCC(Cn2c(C3(F)CCCCC3C)nc3nc(C(=N)OC(N)=O)nc(C4=CC(Cl)CN=C4)c32)CC1. The summed E-state index contributed by atoms with van der Waals surface area (Å²) < 4.78 is 23.8. The Bertz CT molecular complexity index is 1350. The number of nitrogens with zero attached hydrogens (tertiary/aromatic N) is 5. The maximum atomic E-state index is 17.0. The number of aliphatic imine (C=N–C) groups is 1. The highest BCUT2D eigenvalue weighted by atomic mass is 35.5. The zero-order chi connectivity index (χ0) is 27.7. The fourth-order valence-corrected chi connectivity index (χ4v) is 6.38. The molecule has 0 spiro atoms. The lowest BCUT2D eigenvalue weighted by molar-refractivity contribution is 0.0312. The Kier molecular flexibility index (Phi) is 7.84. The number of nitrogens with two attached hydrogens (primary N) is 1. The van der Waals surface area contributed by atoms with Crippen LogP contribution in [0.25, 0.3) is 16.7 Å². The van der Waals surface area contributed by atoms with Gasteiger partial charge in [-0.05, 0) is 62.7 Å². The third-order valence-electron chi connectivity index (χ3n) is 8.40. The fraction of sp³-hybridized carbons (Fsp3) is 0.571. The zero-order valence-electron chi connectivity index (χ0n) is 22.2. The molecule has 0 radical (unpaired) electrons. The highest BCUT2D eigenvalue weighted by molar-refractivity contribution is 6.25. The summed E-state index contributed by atoms with van der Waals surface area (Å²) >= 11 is 6.42. The van der Waals surface area contributed by atoms with Gasteiger partial charge in [-0.1, -0.05) is 25.5 Å². The number of imidazole rings is 1. The maximum absolute atomic E-state index is 17.0. The molecule has 0 aromatic carbocycles. The summed E-state index contributed by atoms with van der Waals surface area (Å²) in [4.78, 5) is 29.6. The van der Waals surface area contributed by atoms with E-state index in [0.29, 0.717) is 54.0 Å². The van der Waals surface area contributed by atoms with E-state index in [4.69, 9.17) is 32.5 Å². The molecule has 2 fully saturated rings. The van der Waals surface area contributed by atoms with Crippen molar-refractivity contribution in [3.8, 4) is 0 Å². The lowest BCUT2D eigenvalue weighted by Crippen LogP contribution is -2.36. The van der Waals surface area contributed by atoms with E-state index in [2.05, 4.69) is 21.5 Å². The number of dihydropyridines is 1. The van der Waals surface area contributed by atoms with Crippen LogP contribution in [0.15, 0.2) is 23.7 Å². The number of primary amides is 1. The van der Waals surface area contributed by atoms with Crippen molar-refractivity contribution in [3.05, 3.63) is 36.1 Å². The van der Waals surface area contributed by atoms with Gasteiger partial charge in [0.2, 0.25) is 5.82 Å². The van der Waals surface area contributed by atoms with Crippen LogP contribution >= 0.6 is 11.6 Å². The molecule has 0 bridgehead atoms. The number of carbonyl (C=O) groups is 1. The number of halogens is 2. The molecule has 2 aromatic rings. The van der Waals surface area contributed by atoms with Gasteiger partial charge in [-0.15, -0.1) is 18.2 Å². The third-order valence-corrected chi connectivity index (χ3v) is 8.66. The first-order valence-electron chi connectivity index (χ1n) is 13.7. The smallest absolute Gasteiger partial charge is 0.388 e. The van der Waals surface area contributed by atoms with E-state index in [0.717, 1.165) is 44.9 Å². The summed E-state index contributed by atoms with van der Waals surface area (Å²) in [6, 6.07) is 0. The predicted molar refractivity (Wildman–Crippen MR) is 150 cm³/mol. The summed E-state index contributed by atoms with van der Waals surface area (Å²) in [5.41, 5.74) is 5.37. The number of carbonyl (C=O) groups excluding carboxylic acids is 1. The molecule has 2 aliphatic carbocycles. The van der Waals surface area contributed by atoms with Gasteiger partial charge < -0.3 is 15.0 Å². The summed E-state index contributed by atoms with van der Waals surface area (Å²) in [6.45, 7) is 6.91. The quantitative estimate of drug-likeness (QED) is 0.204. The Balaban J connectivity index is 1.71. The number of hydrogen-bond acceptors (Lipinski definition) is 7. The minimum Gasteiger partial charge on any atom is -0.388 e. The van der Waals surface area contributed by atoms with Crippen molar-refractivity contribution in [1.29, 1.82) is 5.41 Å². The summed E-state index contributed by atoms with van der Waals surface area (Å²) in [7, 11) is 0. The van der Waals surface area contributed by atoms with E-state index in [1.54, 1.807) is 6.21 Å². The molecule has 1 amide bonds. The summed E-state index contributed by atoms with van der Waals surface area (Å²) in [6.07, 6.45) is 11.4. The van der Waals surface area contributed by atoms with Crippen molar-refractivity contribution in [1.82, 2.24) is 19.5 Å². The van der Waals surface area contributed by atoms with Crippen LogP contribution in [0.5, 0.6) is 0 Å². The van der Waals surface area contributed by atoms with E-state index in [9.17, 15) is 4.79 Å². The molecule has 3 unspecified atom stereocenters. The Morgan fingerprint density at radius 2 is 2.05 bits per heavy atom. The highest BCUT2D eigenvalue weighted by Gasteiger charge is 2.45. The topological polar surface area (TPSA) is 132 Å². The number of aromatic nitrogens is 4. The van der Waals surface area contributed by atoms with Crippen LogP contribution in [0.4, 0.5) is 9.18 Å². The van der Waals surface area contributed by atoms with Gasteiger partial charge in [0.25, 0.3) is 5.90 Å². The van der Waals surface area contributed by atoms with Crippen LogP contribution in [0, 0.1) is 23.2 Å². The molecule has 5 rings (SSSR count). The van der Waals surface area contributed by atoms with Crippen molar-refractivity contribution >= 4 is 46.5 Å². The second-order valence-corrected chi connectivity index (χ2v) is 11.6. The molecule has 3 N–H and O–H groups in total. The second-order valence-electron chi connectivity index (χ2n) is 11.0. The van der Waals surface area contributed by atoms with Crippen molar-refractivity contribution in [2.45, 2.75) is 75.9 Å². The molecule has 11 heteroatoms. The van der Waals surface area contributed by atoms with E-state index in [-0.39, 0.29) is 22.8 Å². The number of ether oxygens (including phenoxy) is 1. The van der Waals surface area contributed by atoms with Gasteiger partial charge in [0, 0.05) is 18.3 Å². The van der Waals surface area contributed by atoms with Crippen LogP contribution in [0.3, 0.4) is 0 Å². The predicted octanol–water partition coefficient (Wildman–Crippen LogP) is 5.69. The molecule has 0 saturated heterocycles. The maximum Gasteiger partial charge on any atom is 0.411 e. The molecular formula is C28H35ClFN7O2. The minimum absolute atomic E-state index is 0.172. The third kappa shape index (κ3) is 5.48. The molecule has 39 heavy (non-hydrogen) atoms. The van der Waals surface area contributed by atoms with Gasteiger partial charge in [0.15, 0.2) is 11.3 Å². The first kappa shape index (κ1) is 27.4. The van der Waals surface area contributed by atoms with Crippen molar-refractivity contribution < 1.29 is 13.9 Å². The van der Waals surface area contributed by atoms with Crippen LogP contribution < -0.4 is 5.73 Å². The van der Waals surface area contributed by atoms with Crippen molar-refractivity contribution in [2.24, 2.45) is 28.5 Å². The van der Waals surface area contributed by atoms with Crippen LogP contribution in [-0.4, -0.2) is 49.6 Å². The molecule has 2 saturated carbocycles. The van der Waals surface area contributed by atoms with Gasteiger partial charge in [-0.3, -0.25) is 10.4 Å². The molecule has 3 heterocycles. The minimum atomic E-state index is -1.63. The Morgan fingerprint density at radius 3 is 2.72 bits per heavy atom. The average molecular weight is 556 g/mol. The summed E-state index contributed by atoms with van der Waals surface area (Å²) in [5, 5.41) is 7.86. The van der Waals surface area contributed by atoms with Crippen LogP contribution in [0.2, 0.25) is 0 Å². The zero-order valence-corrected chi connectivity index (χ0v) is 23.0. The van der Waals surface area contributed by atoms with Gasteiger partial charge in [-0.25, -0.2) is 24.1 Å². The van der Waals surface area contributed by atoms with Gasteiger partial charge in [0.1, 0.15) is 17.0 Å². The number of fused-ring (bicyclic) bond motifs is 1.